The number of H-pyrrole nitrogens is 1. The SMILES string of the molecule is c1cc2cn[nH]c2cc1-c1cnc2ccc(N3CC4(CC4)OC4(CC4)C3)nn12. The minimum atomic E-state index is 0.0782. The molecule has 140 valence electrons. The second kappa shape index (κ2) is 4.91. The number of hydrogen-bond acceptors (Lipinski definition) is 5. The van der Waals surface area contributed by atoms with Crippen LogP contribution in [0.5, 0.6) is 0 Å². The third kappa shape index (κ3) is 2.16. The fourth-order valence-corrected chi connectivity index (χ4v) is 4.56. The van der Waals surface area contributed by atoms with Crippen molar-refractivity contribution >= 4 is 22.4 Å². The molecule has 7 nitrogen and oxygen atoms in total. The van der Waals surface area contributed by atoms with Crippen LogP contribution >= 0.6 is 0 Å². The molecule has 1 N–H and O–H groups in total. The van der Waals surface area contributed by atoms with Crippen LogP contribution in [0.4, 0.5) is 5.82 Å². The van der Waals surface area contributed by atoms with Crippen molar-refractivity contribution in [1.82, 2.24) is 24.8 Å². The van der Waals surface area contributed by atoms with Gasteiger partial charge in [-0.05, 0) is 43.9 Å². The Hall–Kier alpha value is -2.93. The zero-order chi connectivity index (χ0) is 18.3. The van der Waals surface area contributed by atoms with E-state index in [1.54, 1.807) is 0 Å². The summed E-state index contributed by atoms with van der Waals surface area (Å²) in [5.41, 5.74) is 4.10. The molecule has 0 atom stereocenters. The highest BCUT2D eigenvalue weighted by Gasteiger charge is 2.60. The van der Waals surface area contributed by atoms with E-state index in [0.29, 0.717) is 0 Å². The van der Waals surface area contributed by atoms with E-state index in [1.165, 1.54) is 25.7 Å². The summed E-state index contributed by atoms with van der Waals surface area (Å²) in [7, 11) is 0. The Morgan fingerprint density at radius 2 is 1.79 bits per heavy atom. The number of aromatic amines is 1. The van der Waals surface area contributed by atoms with Gasteiger partial charge in [-0.2, -0.15) is 5.10 Å². The van der Waals surface area contributed by atoms with Gasteiger partial charge in [0.05, 0.1) is 34.8 Å². The lowest BCUT2D eigenvalue weighted by Crippen LogP contribution is -2.50. The zero-order valence-electron chi connectivity index (χ0n) is 15.4. The number of nitrogens with one attached hydrogen (secondary N) is 1. The van der Waals surface area contributed by atoms with Gasteiger partial charge in [0.25, 0.3) is 0 Å². The van der Waals surface area contributed by atoms with Crippen LogP contribution in [0.2, 0.25) is 0 Å². The van der Waals surface area contributed by atoms with Crippen LogP contribution in [-0.4, -0.2) is 49.1 Å². The maximum absolute atomic E-state index is 6.44. The first kappa shape index (κ1) is 15.0. The molecule has 3 aliphatic rings. The molecule has 1 aromatic carbocycles. The first-order chi connectivity index (χ1) is 13.7. The maximum atomic E-state index is 6.44. The van der Waals surface area contributed by atoms with E-state index >= 15 is 0 Å². The number of benzene rings is 1. The van der Waals surface area contributed by atoms with Gasteiger partial charge >= 0.3 is 0 Å². The fraction of sp³-hybridized carbons (Fsp3) is 0.381. The Morgan fingerprint density at radius 1 is 0.964 bits per heavy atom. The van der Waals surface area contributed by atoms with E-state index in [4.69, 9.17) is 9.84 Å². The predicted octanol–water partition coefficient (Wildman–Crippen LogP) is 3.17. The maximum Gasteiger partial charge on any atom is 0.154 e. The van der Waals surface area contributed by atoms with E-state index in [0.717, 1.165) is 46.7 Å². The van der Waals surface area contributed by atoms with Crippen molar-refractivity contribution in [1.29, 1.82) is 0 Å². The summed E-state index contributed by atoms with van der Waals surface area (Å²) in [5.74, 6) is 1.01. The average molecular weight is 372 g/mol. The van der Waals surface area contributed by atoms with Gasteiger partial charge in [0, 0.05) is 24.0 Å². The number of fused-ring (bicyclic) bond motifs is 2. The summed E-state index contributed by atoms with van der Waals surface area (Å²) in [6, 6.07) is 10.4. The third-order valence-electron chi connectivity index (χ3n) is 6.42. The summed E-state index contributed by atoms with van der Waals surface area (Å²) in [4.78, 5) is 6.98. The molecule has 1 saturated heterocycles. The summed E-state index contributed by atoms with van der Waals surface area (Å²) < 4.78 is 8.40. The number of ether oxygens (including phenoxy) is 1. The molecule has 4 heterocycles. The van der Waals surface area contributed by atoms with Crippen LogP contribution in [0, 0.1) is 0 Å². The molecule has 28 heavy (non-hydrogen) atoms. The molecule has 3 aromatic heterocycles. The minimum Gasteiger partial charge on any atom is -0.365 e. The van der Waals surface area contributed by atoms with Crippen molar-refractivity contribution in [2.45, 2.75) is 36.9 Å². The third-order valence-corrected chi connectivity index (χ3v) is 6.42. The Balaban J connectivity index is 1.32. The lowest BCUT2D eigenvalue weighted by atomic mass is 10.1. The molecule has 7 rings (SSSR count). The van der Waals surface area contributed by atoms with Crippen molar-refractivity contribution < 1.29 is 4.74 Å². The highest BCUT2D eigenvalue weighted by molar-refractivity contribution is 5.83. The molecular formula is C21H20N6O. The van der Waals surface area contributed by atoms with Crippen molar-refractivity contribution in [2.75, 3.05) is 18.0 Å². The minimum absolute atomic E-state index is 0.0782. The van der Waals surface area contributed by atoms with Crippen molar-refractivity contribution in [2.24, 2.45) is 0 Å². The van der Waals surface area contributed by atoms with Crippen LogP contribution in [0.3, 0.4) is 0 Å². The quantitative estimate of drug-likeness (QED) is 0.585. The Kier molecular flexibility index (Phi) is 2.64. The molecule has 4 aromatic rings. The van der Waals surface area contributed by atoms with Gasteiger partial charge in [0.2, 0.25) is 0 Å². The monoisotopic (exact) mass is 372 g/mol. The molecule has 0 unspecified atom stereocenters. The average Bonchev–Trinajstić information content (AvgIpc) is 3.50. The Morgan fingerprint density at radius 3 is 2.57 bits per heavy atom. The molecule has 2 spiro atoms. The molecule has 0 bridgehead atoms. The Labute approximate surface area is 161 Å². The summed E-state index contributed by atoms with van der Waals surface area (Å²) in [6.45, 7) is 1.88. The van der Waals surface area contributed by atoms with E-state index in [-0.39, 0.29) is 11.2 Å². The van der Waals surface area contributed by atoms with Gasteiger partial charge in [-0.1, -0.05) is 12.1 Å². The molecule has 1 aliphatic heterocycles. The predicted molar refractivity (Wildman–Crippen MR) is 105 cm³/mol. The van der Waals surface area contributed by atoms with E-state index in [9.17, 15) is 0 Å². The zero-order valence-corrected chi connectivity index (χ0v) is 15.4. The number of morpholine rings is 1. The van der Waals surface area contributed by atoms with Gasteiger partial charge in [-0.15, -0.1) is 5.10 Å². The van der Waals surface area contributed by atoms with E-state index in [2.05, 4.69) is 50.4 Å². The topological polar surface area (TPSA) is 71.3 Å². The number of nitrogens with zero attached hydrogens (tertiary/aromatic N) is 5. The number of imidazole rings is 1. The van der Waals surface area contributed by atoms with Gasteiger partial charge in [0.1, 0.15) is 5.82 Å². The van der Waals surface area contributed by atoms with Crippen molar-refractivity contribution in [3.63, 3.8) is 0 Å². The van der Waals surface area contributed by atoms with Gasteiger partial charge in [-0.25, -0.2) is 9.50 Å². The molecular weight excluding hydrogens is 352 g/mol. The van der Waals surface area contributed by atoms with Crippen molar-refractivity contribution in [3.8, 4) is 11.3 Å². The van der Waals surface area contributed by atoms with E-state index in [1.807, 2.05) is 16.9 Å². The van der Waals surface area contributed by atoms with Crippen LogP contribution in [-0.2, 0) is 4.74 Å². The second-order valence-corrected chi connectivity index (χ2v) is 8.60. The number of aromatic nitrogens is 5. The van der Waals surface area contributed by atoms with Crippen LogP contribution in [0.15, 0.2) is 42.7 Å². The second-order valence-electron chi connectivity index (χ2n) is 8.60. The van der Waals surface area contributed by atoms with Gasteiger partial charge < -0.3 is 9.64 Å². The standard InChI is InChI=1S/C21H20N6O/c1-2-15-10-23-24-16(15)9-14(1)17-11-22-18-3-4-19(25-27(17)18)26-12-20(5-6-20)28-21(13-26)7-8-21/h1-4,9-11H,5-8,12-13H2,(H,23,24). The molecule has 0 amide bonds. The van der Waals surface area contributed by atoms with Crippen LogP contribution in [0.25, 0.3) is 27.8 Å². The highest BCUT2D eigenvalue weighted by atomic mass is 16.5. The fourth-order valence-electron chi connectivity index (χ4n) is 4.56. The van der Waals surface area contributed by atoms with Crippen LogP contribution in [0.1, 0.15) is 25.7 Å². The van der Waals surface area contributed by atoms with Crippen LogP contribution < -0.4 is 4.90 Å². The first-order valence-electron chi connectivity index (χ1n) is 9.95. The molecule has 2 aliphatic carbocycles. The Bertz CT molecular complexity index is 1210. The first-order valence-corrected chi connectivity index (χ1v) is 9.95. The summed E-state index contributed by atoms with van der Waals surface area (Å²) in [6.07, 6.45) is 8.43. The van der Waals surface area contributed by atoms with Gasteiger partial charge in [-0.3, -0.25) is 5.10 Å². The lowest BCUT2D eigenvalue weighted by Gasteiger charge is -2.39. The highest BCUT2D eigenvalue weighted by Crippen LogP contribution is 2.54. The molecule has 2 saturated carbocycles. The molecule has 7 heteroatoms. The number of anilines is 1. The van der Waals surface area contributed by atoms with Crippen molar-refractivity contribution in [3.05, 3.63) is 42.7 Å². The normalized spacial score (nSPS) is 21.8. The largest absolute Gasteiger partial charge is 0.365 e. The lowest BCUT2D eigenvalue weighted by molar-refractivity contribution is -0.0608. The van der Waals surface area contributed by atoms with Gasteiger partial charge in [0.15, 0.2) is 5.65 Å². The molecule has 3 fully saturated rings. The van der Waals surface area contributed by atoms with E-state index < -0.39 is 0 Å². The summed E-state index contributed by atoms with van der Waals surface area (Å²) in [5, 5.41) is 13.3. The molecule has 0 radical (unpaired) electrons. The number of hydrogen-bond donors (Lipinski definition) is 1. The summed E-state index contributed by atoms with van der Waals surface area (Å²) >= 11 is 0. The smallest absolute Gasteiger partial charge is 0.154 e. The number of rotatable bonds is 2.